The Balaban J connectivity index is 2.15. The third kappa shape index (κ3) is 4.18. The Morgan fingerprint density at radius 2 is 2.15 bits per heavy atom. The molecule has 0 spiro atoms. The predicted molar refractivity (Wildman–Crippen MR) is 81.7 cm³/mol. The minimum atomic E-state index is -2.88. The Morgan fingerprint density at radius 3 is 2.90 bits per heavy atom. The number of hydrogen-bond donors (Lipinski definition) is 1. The Hall–Kier alpha value is -1.14. The molecule has 0 atom stereocenters. The first-order valence-corrected chi connectivity index (χ1v) is 8.93. The van der Waals surface area contributed by atoms with Crippen LogP contribution in [0.5, 0.6) is 0 Å². The lowest BCUT2D eigenvalue weighted by molar-refractivity contribution is 0.586. The lowest BCUT2D eigenvalue weighted by Crippen LogP contribution is -2.30. The highest BCUT2D eigenvalue weighted by atomic mass is 32.2. The van der Waals surface area contributed by atoms with Crippen molar-refractivity contribution in [3.63, 3.8) is 0 Å². The van der Waals surface area contributed by atoms with Gasteiger partial charge in [-0.05, 0) is 12.5 Å². The molecule has 1 fully saturated rings. The fourth-order valence-electron chi connectivity index (χ4n) is 2.32. The van der Waals surface area contributed by atoms with E-state index in [2.05, 4.69) is 35.1 Å². The second kappa shape index (κ2) is 6.54. The van der Waals surface area contributed by atoms with E-state index in [1.165, 1.54) is 0 Å². The van der Waals surface area contributed by atoms with Gasteiger partial charge in [0.25, 0.3) is 0 Å². The summed E-state index contributed by atoms with van der Waals surface area (Å²) in [6, 6.07) is 4.39. The van der Waals surface area contributed by atoms with Gasteiger partial charge in [-0.15, -0.1) is 0 Å². The molecule has 1 aliphatic heterocycles. The molecule has 0 saturated carbocycles. The van der Waals surface area contributed by atoms with Crippen LogP contribution >= 0.6 is 0 Å². The highest BCUT2D eigenvalue weighted by Gasteiger charge is 2.21. The Morgan fingerprint density at radius 1 is 1.35 bits per heavy atom. The average molecular weight is 297 g/mol. The molecule has 2 heterocycles. The van der Waals surface area contributed by atoms with Crippen molar-refractivity contribution in [3.05, 3.63) is 23.9 Å². The maximum atomic E-state index is 11.7. The van der Waals surface area contributed by atoms with Gasteiger partial charge < -0.3 is 10.2 Å². The second-order valence-corrected chi connectivity index (χ2v) is 7.82. The van der Waals surface area contributed by atoms with Gasteiger partial charge in [0.2, 0.25) is 0 Å². The number of nitrogens with one attached hydrogen (secondary N) is 1. The van der Waals surface area contributed by atoms with Gasteiger partial charge in [-0.2, -0.15) is 0 Å². The third-order valence-corrected chi connectivity index (χ3v) is 5.14. The Labute approximate surface area is 121 Å². The van der Waals surface area contributed by atoms with Crippen LogP contribution in [-0.2, 0) is 16.4 Å². The van der Waals surface area contributed by atoms with Crippen LogP contribution in [0.15, 0.2) is 18.3 Å². The maximum absolute atomic E-state index is 11.7. The normalized spacial score (nSPS) is 19.1. The van der Waals surface area contributed by atoms with Crippen LogP contribution in [0.4, 0.5) is 5.82 Å². The lowest BCUT2D eigenvalue weighted by atomic mass is 10.2. The molecule has 112 valence electrons. The SMILES string of the molecule is CC(C)NCc1cccnc1N1CCCS(=O)(=O)CC1. The molecule has 1 aliphatic rings. The molecule has 1 aromatic rings. The van der Waals surface area contributed by atoms with Gasteiger partial charge in [0.1, 0.15) is 5.82 Å². The Bertz CT molecular complexity index is 543. The van der Waals surface area contributed by atoms with Crippen molar-refractivity contribution in [2.24, 2.45) is 0 Å². The van der Waals surface area contributed by atoms with Crippen LogP contribution in [0.25, 0.3) is 0 Å². The summed E-state index contributed by atoms with van der Waals surface area (Å²) < 4.78 is 23.4. The van der Waals surface area contributed by atoms with E-state index < -0.39 is 9.84 Å². The van der Waals surface area contributed by atoms with E-state index in [0.29, 0.717) is 19.0 Å². The highest BCUT2D eigenvalue weighted by Crippen LogP contribution is 2.19. The van der Waals surface area contributed by atoms with Crippen molar-refractivity contribution in [2.75, 3.05) is 29.5 Å². The van der Waals surface area contributed by atoms with Crippen LogP contribution in [0, 0.1) is 0 Å². The van der Waals surface area contributed by atoms with Crippen molar-refractivity contribution < 1.29 is 8.42 Å². The van der Waals surface area contributed by atoms with E-state index in [9.17, 15) is 8.42 Å². The molecule has 1 saturated heterocycles. The van der Waals surface area contributed by atoms with Crippen molar-refractivity contribution in [1.82, 2.24) is 10.3 Å². The summed E-state index contributed by atoms with van der Waals surface area (Å²) >= 11 is 0. The van der Waals surface area contributed by atoms with Crippen molar-refractivity contribution >= 4 is 15.7 Å². The first-order chi connectivity index (χ1) is 9.48. The first kappa shape index (κ1) is 15.3. The fourth-order valence-corrected chi connectivity index (χ4v) is 3.59. The van der Waals surface area contributed by atoms with Crippen molar-refractivity contribution in [1.29, 1.82) is 0 Å². The highest BCUT2D eigenvalue weighted by molar-refractivity contribution is 7.91. The largest absolute Gasteiger partial charge is 0.355 e. The molecule has 6 heteroatoms. The van der Waals surface area contributed by atoms with Crippen LogP contribution in [0.1, 0.15) is 25.8 Å². The van der Waals surface area contributed by atoms with Crippen LogP contribution in [0.3, 0.4) is 0 Å². The summed E-state index contributed by atoms with van der Waals surface area (Å²) in [5.74, 6) is 1.43. The van der Waals surface area contributed by atoms with E-state index in [1.807, 2.05) is 6.07 Å². The summed E-state index contributed by atoms with van der Waals surface area (Å²) in [7, 11) is -2.88. The van der Waals surface area contributed by atoms with Crippen LogP contribution in [0.2, 0.25) is 0 Å². The van der Waals surface area contributed by atoms with Crippen molar-refractivity contribution in [3.8, 4) is 0 Å². The molecule has 5 nitrogen and oxygen atoms in total. The van der Waals surface area contributed by atoms with Gasteiger partial charge in [0.05, 0.1) is 11.5 Å². The molecule has 0 aromatic carbocycles. The number of aromatic nitrogens is 1. The molecule has 1 aromatic heterocycles. The lowest BCUT2D eigenvalue weighted by Gasteiger charge is -2.24. The van der Waals surface area contributed by atoms with Gasteiger partial charge in [-0.1, -0.05) is 19.9 Å². The molecule has 0 aliphatic carbocycles. The molecule has 1 N–H and O–H groups in total. The standard InChI is InChI=1S/C14H23N3O2S/c1-12(2)16-11-13-5-3-6-15-14(13)17-7-4-9-20(18,19)10-8-17/h3,5-6,12,16H,4,7-11H2,1-2H3. The number of anilines is 1. The zero-order chi connectivity index (χ0) is 14.6. The van der Waals surface area contributed by atoms with E-state index >= 15 is 0 Å². The number of rotatable bonds is 4. The predicted octanol–water partition coefficient (Wildman–Crippen LogP) is 1.20. The quantitative estimate of drug-likeness (QED) is 0.905. The average Bonchev–Trinajstić information content (AvgIpc) is 2.58. The molecule has 20 heavy (non-hydrogen) atoms. The van der Waals surface area contributed by atoms with Gasteiger partial charge in [0, 0.05) is 37.4 Å². The van der Waals surface area contributed by atoms with Gasteiger partial charge >= 0.3 is 0 Å². The minimum Gasteiger partial charge on any atom is -0.355 e. The molecule has 0 radical (unpaired) electrons. The summed E-state index contributed by atoms with van der Waals surface area (Å²) in [6.45, 7) is 6.26. The minimum absolute atomic E-state index is 0.223. The van der Waals surface area contributed by atoms with E-state index in [1.54, 1.807) is 6.20 Å². The number of sulfone groups is 1. The summed E-state index contributed by atoms with van der Waals surface area (Å²) in [5.41, 5.74) is 1.13. The molecular weight excluding hydrogens is 274 g/mol. The zero-order valence-electron chi connectivity index (χ0n) is 12.2. The summed E-state index contributed by atoms with van der Waals surface area (Å²) in [6.07, 6.45) is 2.45. The van der Waals surface area contributed by atoms with Crippen LogP contribution in [-0.4, -0.2) is 44.0 Å². The molecule has 0 unspecified atom stereocenters. The van der Waals surface area contributed by atoms with E-state index in [-0.39, 0.29) is 11.5 Å². The second-order valence-electron chi connectivity index (χ2n) is 5.51. The smallest absolute Gasteiger partial charge is 0.152 e. The topological polar surface area (TPSA) is 62.3 Å². The van der Waals surface area contributed by atoms with Crippen LogP contribution < -0.4 is 10.2 Å². The molecular formula is C14H23N3O2S. The fraction of sp³-hybridized carbons (Fsp3) is 0.643. The van der Waals surface area contributed by atoms with E-state index in [0.717, 1.165) is 24.5 Å². The maximum Gasteiger partial charge on any atom is 0.152 e. The number of pyridine rings is 1. The molecule has 0 bridgehead atoms. The van der Waals surface area contributed by atoms with Gasteiger partial charge in [-0.3, -0.25) is 0 Å². The summed E-state index contributed by atoms with van der Waals surface area (Å²) in [4.78, 5) is 6.56. The van der Waals surface area contributed by atoms with Gasteiger partial charge in [0.15, 0.2) is 9.84 Å². The molecule has 2 rings (SSSR count). The van der Waals surface area contributed by atoms with Crippen molar-refractivity contribution in [2.45, 2.75) is 32.9 Å². The summed E-state index contributed by atoms with van der Waals surface area (Å²) in [5, 5.41) is 3.39. The zero-order valence-corrected chi connectivity index (χ0v) is 13.0. The van der Waals surface area contributed by atoms with Gasteiger partial charge in [-0.25, -0.2) is 13.4 Å². The monoisotopic (exact) mass is 297 g/mol. The van der Waals surface area contributed by atoms with E-state index in [4.69, 9.17) is 0 Å². The number of nitrogens with zero attached hydrogens (tertiary/aromatic N) is 2. The third-order valence-electron chi connectivity index (χ3n) is 3.42. The first-order valence-electron chi connectivity index (χ1n) is 7.10. The Kier molecular flexibility index (Phi) is 4.99. The molecule has 0 amide bonds. The number of hydrogen-bond acceptors (Lipinski definition) is 5.